The Kier molecular flexibility index (Phi) is 4.97. The normalized spacial score (nSPS) is 10.2. The summed E-state index contributed by atoms with van der Waals surface area (Å²) in [5, 5.41) is 21.9. The molecule has 0 saturated carbocycles. The minimum Gasteiger partial charge on any atom is -0.497 e. The van der Waals surface area contributed by atoms with E-state index in [2.05, 4.69) is 0 Å². The number of carbonyl (C=O) groups excluding carboxylic acids is 1. The maximum absolute atomic E-state index is 12.4. The van der Waals surface area contributed by atoms with Crippen molar-refractivity contribution in [3.63, 3.8) is 0 Å². The zero-order valence-corrected chi connectivity index (χ0v) is 13.6. The fourth-order valence-electron chi connectivity index (χ4n) is 2.36. The van der Waals surface area contributed by atoms with Crippen molar-refractivity contribution in [3.05, 3.63) is 67.3 Å². The zero-order chi connectivity index (χ0) is 18.7. The first-order valence-electron chi connectivity index (χ1n) is 7.04. The third-order valence-corrected chi connectivity index (χ3v) is 3.50. The van der Waals surface area contributed by atoms with Crippen LogP contribution in [0.25, 0.3) is 0 Å². The van der Waals surface area contributed by atoms with E-state index < -0.39 is 27.2 Å². The first kappa shape index (κ1) is 17.9. The van der Waals surface area contributed by atoms with Crippen LogP contribution in [0.1, 0.15) is 21.5 Å². The highest BCUT2D eigenvalue weighted by Gasteiger charge is 2.24. The van der Waals surface area contributed by atoms with Gasteiger partial charge in [-0.2, -0.15) is 0 Å². The molecule has 0 atom stereocenters. The number of nitrogens with zero attached hydrogens (tertiary/aromatic N) is 2. The van der Waals surface area contributed by atoms with Gasteiger partial charge in [-0.15, -0.1) is 0 Å². The van der Waals surface area contributed by atoms with Crippen LogP contribution in [0, 0.1) is 34.1 Å². The van der Waals surface area contributed by atoms with E-state index in [1.54, 1.807) is 26.0 Å². The number of nitro benzene ring substituents is 2. The molecule has 0 fully saturated rings. The van der Waals surface area contributed by atoms with Crippen molar-refractivity contribution in [1.29, 1.82) is 0 Å². The maximum Gasteiger partial charge on any atom is 0.344 e. The summed E-state index contributed by atoms with van der Waals surface area (Å²) in [7, 11) is 1.49. The molecule has 9 heteroatoms. The Morgan fingerprint density at radius 3 is 2.08 bits per heavy atom. The summed E-state index contributed by atoms with van der Waals surface area (Å²) in [6.07, 6.45) is 0. The van der Waals surface area contributed by atoms with Crippen LogP contribution in [-0.4, -0.2) is 22.9 Å². The van der Waals surface area contributed by atoms with Crippen molar-refractivity contribution in [3.8, 4) is 11.5 Å². The molecule has 0 aliphatic rings. The van der Waals surface area contributed by atoms with Crippen LogP contribution in [0.4, 0.5) is 11.4 Å². The van der Waals surface area contributed by atoms with E-state index in [9.17, 15) is 25.0 Å². The van der Waals surface area contributed by atoms with Gasteiger partial charge in [0.1, 0.15) is 5.75 Å². The van der Waals surface area contributed by atoms with Crippen LogP contribution < -0.4 is 9.47 Å². The van der Waals surface area contributed by atoms with Crippen LogP contribution in [0.2, 0.25) is 0 Å². The van der Waals surface area contributed by atoms with E-state index in [0.29, 0.717) is 16.9 Å². The molecule has 0 unspecified atom stereocenters. The van der Waals surface area contributed by atoms with E-state index in [4.69, 9.17) is 9.47 Å². The summed E-state index contributed by atoms with van der Waals surface area (Å²) in [6, 6.07) is 6.07. The monoisotopic (exact) mass is 346 g/mol. The largest absolute Gasteiger partial charge is 0.497 e. The lowest BCUT2D eigenvalue weighted by Gasteiger charge is -2.11. The molecule has 0 spiro atoms. The number of non-ortho nitro benzene ring substituents is 1. The molecule has 2 rings (SSSR count). The molecular formula is C16H14N2O7. The fraction of sp³-hybridized carbons (Fsp3) is 0.188. The molecular weight excluding hydrogens is 332 g/mol. The van der Waals surface area contributed by atoms with Crippen LogP contribution >= 0.6 is 0 Å². The standard InChI is InChI=1S/C16H14N2O7/c1-9-6-12(24-3)7-10(2)15(9)16(19)25-14-5-4-11(17(20)21)8-13(14)18(22)23/h4-8H,1-3H3. The number of carbonyl (C=O) groups is 1. The van der Waals surface area contributed by atoms with Gasteiger partial charge >= 0.3 is 11.7 Å². The van der Waals surface area contributed by atoms with Crippen LogP contribution in [0.15, 0.2) is 30.3 Å². The predicted octanol–water partition coefficient (Wildman–Crippen LogP) is 3.35. The highest BCUT2D eigenvalue weighted by molar-refractivity contribution is 5.94. The number of nitro groups is 2. The summed E-state index contributed by atoms with van der Waals surface area (Å²) in [4.78, 5) is 32.7. The summed E-state index contributed by atoms with van der Waals surface area (Å²) in [6.45, 7) is 3.35. The Labute approximate surface area is 142 Å². The Hall–Kier alpha value is -3.49. The van der Waals surface area contributed by atoms with Gasteiger partial charge in [-0.25, -0.2) is 4.79 Å². The van der Waals surface area contributed by atoms with E-state index >= 15 is 0 Å². The molecule has 0 N–H and O–H groups in total. The number of ether oxygens (including phenoxy) is 2. The van der Waals surface area contributed by atoms with Crippen LogP contribution in [0.5, 0.6) is 11.5 Å². The minimum atomic E-state index is -0.844. The van der Waals surface area contributed by atoms with Gasteiger partial charge in [0.05, 0.1) is 28.6 Å². The van der Waals surface area contributed by atoms with Crippen molar-refractivity contribution in [1.82, 2.24) is 0 Å². The molecule has 0 bridgehead atoms. The lowest BCUT2D eigenvalue weighted by Crippen LogP contribution is -2.13. The van der Waals surface area contributed by atoms with Gasteiger partial charge in [0.15, 0.2) is 0 Å². The number of aryl methyl sites for hydroxylation is 2. The molecule has 9 nitrogen and oxygen atoms in total. The Balaban J connectivity index is 2.42. The summed E-state index contributed by atoms with van der Waals surface area (Å²) in [5.74, 6) is -0.599. The lowest BCUT2D eigenvalue weighted by atomic mass is 10.0. The van der Waals surface area contributed by atoms with Gasteiger partial charge in [0.2, 0.25) is 5.75 Å². The molecule has 25 heavy (non-hydrogen) atoms. The average Bonchev–Trinajstić information content (AvgIpc) is 2.53. The number of rotatable bonds is 5. The van der Waals surface area contributed by atoms with E-state index in [1.807, 2.05) is 0 Å². The van der Waals surface area contributed by atoms with Crippen molar-refractivity contribution in [2.24, 2.45) is 0 Å². The quantitative estimate of drug-likeness (QED) is 0.352. The molecule has 0 aromatic heterocycles. The first-order valence-corrected chi connectivity index (χ1v) is 7.04. The molecule has 0 aliphatic carbocycles. The van der Waals surface area contributed by atoms with Crippen molar-refractivity contribution in [2.75, 3.05) is 7.11 Å². The van der Waals surface area contributed by atoms with Gasteiger partial charge in [-0.1, -0.05) is 0 Å². The molecule has 0 aliphatic heterocycles. The number of esters is 1. The van der Waals surface area contributed by atoms with E-state index in [-0.39, 0.29) is 11.3 Å². The SMILES string of the molecule is COc1cc(C)c(C(=O)Oc2ccc([N+](=O)[O-])cc2[N+](=O)[O-])c(C)c1. The second-order valence-electron chi connectivity index (χ2n) is 5.19. The number of benzene rings is 2. The third-order valence-electron chi connectivity index (χ3n) is 3.50. The molecule has 0 radical (unpaired) electrons. The van der Waals surface area contributed by atoms with Crippen LogP contribution in [-0.2, 0) is 0 Å². The molecule has 130 valence electrons. The lowest BCUT2D eigenvalue weighted by molar-refractivity contribution is -0.394. The Bertz CT molecular complexity index is 854. The molecule has 2 aromatic rings. The van der Waals surface area contributed by atoms with Gasteiger partial charge < -0.3 is 9.47 Å². The van der Waals surface area contributed by atoms with E-state index in [1.165, 1.54) is 7.11 Å². The first-order chi connectivity index (χ1) is 11.7. The number of methoxy groups -OCH3 is 1. The predicted molar refractivity (Wildman–Crippen MR) is 87.2 cm³/mol. The van der Waals surface area contributed by atoms with E-state index in [0.717, 1.165) is 18.2 Å². The van der Waals surface area contributed by atoms with Crippen LogP contribution in [0.3, 0.4) is 0 Å². The molecule has 0 heterocycles. The number of hydrogen-bond donors (Lipinski definition) is 0. The summed E-state index contributed by atoms with van der Waals surface area (Å²) >= 11 is 0. The smallest absolute Gasteiger partial charge is 0.344 e. The highest BCUT2D eigenvalue weighted by atomic mass is 16.6. The maximum atomic E-state index is 12.4. The van der Waals surface area contributed by atoms with Crippen molar-refractivity contribution in [2.45, 2.75) is 13.8 Å². The average molecular weight is 346 g/mol. The highest BCUT2D eigenvalue weighted by Crippen LogP contribution is 2.32. The topological polar surface area (TPSA) is 122 Å². The second kappa shape index (κ2) is 6.95. The van der Waals surface area contributed by atoms with Crippen molar-refractivity contribution < 1.29 is 24.1 Å². The summed E-state index contributed by atoms with van der Waals surface area (Å²) in [5.41, 5.74) is 0.265. The number of hydrogen-bond acceptors (Lipinski definition) is 7. The second-order valence-corrected chi connectivity index (χ2v) is 5.19. The Morgan fingerprint density at radius 2 is 1.60 bits per heavy atom. The van der Waals surface area contributed by atoms with Gasteiger partial charge in [-0.05, 0) is 43.2 Å². The van der Waals surface area contributed by atoms with Gasteiger partial charge in [-0.3, -0.25) is 20.2 Å². The van der Waals surface area contributed by atoms with Crippen molar-refractivity contribution >= 4 is 17.3 Å². The fourth-order valence-corrected chi connectivity index (χ4v) is 2.36. The molecule has 0 amide bonds. The molecule has 2 aromatic carbocycles. The Morgan fingerprint density at radius 1 is 1.00 bits per heavy atom. The molecule has 0 saturated heterocycles. The summed E-state index contributed by atoms with van der Waals surface area (Å²) < 4.78 is 10.2. The van der Waals surface area contributed by atoms with Gasteiger partial charge in [0, 0.05) is 6.07 Å². The minimum absolute atomic E-state index is 0.244. The van der Waals surface area contributed by atoms with Gasteiger partial charge in [0.25, 0.3) is 5.69 Å². The zero-order valence-electron chi connectivity index (χ0n) is 13.6. The third kappa shape index (κ3) is 3.71.